The zero-order valence-electron chi connectivity index (χ0n) is 25.8. The Morgan fingerprint density at radius 1 is 1.05 bits per heavy atom. The van der Waals surface area contributed by atoms with Gasteiger partial charge in [0.2, 0.25) is 0 Å². The summed E-state index contributed by atoms with van der Waals surface area (Å²) in [4.78, 5) is 33.2. The van der Waals surface area contributed by atoms with E-state index in [-0.39, 0.29) is 16.9 Å². The Morgan fingerprint density at radius 3 is 2.55 bits per heavy atom. The average Bonchev–Trinajstić information content (AvgIpc) is 3.42. The Labute approximate surface area is 242 Å². The third kappa shape index (κ3) is 4.98. The van der Waals surface area contributed by atoms with Gasteiger partial charge in [0.15, 0.2) is 5.78 Å². The molecule has 1 saturated heterocycles. The minimum absolute atomic E-state index is 0.212. The molecular weight excluding hydrogens is 498 g/mol. The molecule has 1 heterocycles. The number of hydrogen-bond acceptors (Lipinski definition) is 5. The van der Waals surface area contributed by atoms with E-state index >= 15 is 0 Å². The molecule has 222 valence electrons. The van der Waals surface area contributed by atoms with Crippen LogP contribution in [0.1, 0.15) is 118 Å². The Kier molecular flexibility index (Phi) is 7.49. The van der Waals surface area contributed by atoms with Gasteiger partial charge < -0.3 is 10.2 Å². The number of hydrogen-bond donors (Lipinski definition) is 1. The van der Waals surface area contributed by atoms with Crippen LogP contribution in [0.2, 0.25) is 0 Å². The maximum absolute atomic E-state index is 13.3. The SMILES string of the molecule is C/C(=N\OC(=O)N(CCC1CC(C)(C)CN1)C1CCC1)[C@H]1CC[C@H]2[C@@H]3CCC4=CC(=O)CC[C@]4(C)[C@H]3CC[C@]12C. The zero-order valence-corrected chi connectivity index (χ0v) is 25.8. The van der Waals surface area contributed by atoms with Crippen molar-refractivity contribution in [2.24, 2.45) is 45.1 Å². The number of carbonyl (C=O) groups is 2. The van der Waals surface area contributed by atoms with Gasteiger partial charge in [-0.2, -0.15) is 0 Å². The molecule has 1 unspecified atom stereocenters. The van der Waals surface area contributed by atoms with Crippen molar-refractivity contribution in [1.29, 1.82) is 0 Å². The van der Waals surface area contributed by atoms with Gasteiger partial charge in [-0.25, -0.2) is 4.79 Å². The first-order valence-electron chi connectivity index (χ1n) is 16.5. The molecule has 4 saturated carbocycles. The molecule has 0 aromatic rings. The summed E-state index contributed by atoms with van der Waals surface area (Å²) in [6.45, 7) is 13.5. The summed E-state index contributed by atoms with van der Waals surface area (Å²) in [6.07, 6.45) is 16.2. The van der Waals surface area contributed by atoms with Crippen LogP contribution < -0.4 is 5.32 Å². The number of nitrogens with zero attached hydrogens (tertiary/aromatic N) is 2. The maximum atomic E-state index is 13.3. The molecule has 5 aliphatic carbocycles. The predicted octanol–water partition coefficient (Wildman–Crippen LogP) is 7.28. The number of allylic oxidation sites excluding steroid dienone is 1. The molecule has 0 bridgehead atoms. The van der Waals surface area contributed by atoms with Crippen molar-refractivity contribution in [3.05, 3.63) is 11.6 Å². The summed E-state index contributed by atoms with van der Waals surface area (Å²) in [6, 6.07) is 0.784. The van der Waals surface area contributed by atoms with Crippen LogP contribution in [0, 0.1) is 39.9 Å². The Hall–Kier alpha value is -1.69. The summed E-state index contributed by atoms with van der Waals surface area (Å²) in [7, 11) is 0. The van der Waals surface area contributed by atoms with Gasteiger partial charge >= 0.3 is 6.09 Å². The van der Waals surface area contributed by atoms with Crippen LogP contribution in [0.3, 0.4) is 0 Å². The lowest BCUT2D eigenvalue weighted by Gasteiger charge is -2.58. The Morgan fingerprint density at radius 2 is 1.85 bits per heavy atom. The monoisotopic (exact) mass is 551 g/mol. The van der Waals surface area contributed by atoms with E-state index in [1.165, 1.54) is 37.7 Å². The highest BCUT2D eigenvalue weighted by Crippen LogP contribution is 2.66. The first-order chi connectivity index (χ1) is 19.0. The van der Waals surface area contributed by atoms with Crippen LogP contribution in [0.15, 0.2) is 16.8 Å². The summed E-state index contributed by atoms with van der Waals surface area (Å²) in [5, 5.41) is 8.21. The summed E-state index contributed by atoms with van der Waals surface area (Å²) in [5.41, 5.74) is 3.22. The molecule has 0 aromatic heterocycles. The lowest BCUT2D eigenvalue weighted by Crippen LogP contribution is -2.51. The molecule has 6 aliphatic rings. The van der Waals surface area contributed by atoms with Crippen LogP contribution in [-0.4, -0.2) is 47.7 Å². The molecule has 1 amide bonds. The molecule has 0 spiro atoms. The number of nitrogens with one attached hydrogen (secondary N) is 1. The summed E-state index contributed by atoms with van der Waals surface area (Å²) >= 11 is 0. The van der Waals surface area contributed by atoms with Gasteiger partial charge in [0.25, 0.3) is 0 Å². The van der Waals surface area contributed by atoms with Crippen molar-refractivity contribution in [1.82, 2.24) is 10.2 Å². The summed E-state index contributed by atoms with van der Waals surface area (Å²) < 4.78 is 0. The topological polar surface area (TPSA) is 71.0 Å². The fourth-order valence-electron chi connectivity index (χ4n) is 10.3. The lowest BCUT2D eigenvalue weighted by atomic mass is 9.46. The normalized spacial score (nSPS) is 40.9. The molecule has 6 heteroatoms. The number of amides is 1. The Bertz CT molecular complexity index is 1080. The summed E-state index contributed by atoms with van der Waals surface area (Å²) in [5.74, 6) is 2.85. The highest BCUT2D eigenvalue weighted by Gasteiger charge is 2.59. The van der Waals surface area contributed by atoms with Gasteiger partial charge in [-0.05, 0) is 124 Å². The first-order valence-corrected chi connectivity index (χ1v) is 16.5. The van der Waals surface area contributed by atoms with Crippen LogP contribution in [0.4, 0.5) is 4.79 Å². The highest BCUT2D eigenvalue weighted by atomic mass is 16.7. The second-order valence-corrected chi connectivity index (χ2v) is 15.7. The second-order valence-electron chi connectivity index (χ2n) is 15.7. The number of fused-ring (bicyclic) bond motifs is 5. The minimum Gasteiger partial charge on any atom is -0.313 e. The van der Waals surface area contributed by atoms with E-state index in [1.807, 2.05) is 11.0 Å². The van der Waals surface area contributed by atoms with Crippen molar-refractivity contribution in [3.63, 3.8) is 0 Å². The van der Waals surface area contributed by atoms with Gasteiger partial charge in [-0.1, -0.05) is 38.4 Å². The van der Waals surface area contributed by atoms with Crippen LogP contribution in [0.5, 0.6) is 0 Å². The predicted molar refractivity (Wildman–Crippen MR) is 159 cm³/mol. The molecule has 5 fully saturated rings. The molecule has 7 atom stereocenters. The molecule has 40 heavy (non-hydrogen) atoms. The molecule has 6 rings (SSSR count). The van der Waals surface area contributed by atoms with E-state index in [4.69, 9.17) is 4.84 Å². The fraction of sp³-hybridized carbons (Fsp3) is 0.853. The van der Waals surface area contributed by atoms with E-state index in [0.717, 1.165) is 76.1 Å². The lowest BCUT2D eigenvalue weighted by molar-refractivity contribution is -0.117. The van der Waals surface area contributed by atoms with Gasteiger partial charge in [0, 0.05) is 37.5 Å². The largest absolute Gasteiger partial charge is 0.436 e. The van der Waals surface area contributed by atoms with Crippen molar-refractivity contribution in [3.8, 4) is 0 Å². The quantitative estimate of drug-likeness (QED) is 0.214. The van der Waals surface area contributed by atoms with Gasteiger partial charge in [-0.3, -0.25) is 9.63 Å². The van der Waals surface area contributed by atoms with E-state index in [9.17, 15) is 9.59 Å². The van der Waals surface area contributed by atoms with Gasteiger partial charge in [0.05, 0.1) is 5.71 Å². The first kappa shape index (κ1) is 28.4. The molecule has 0 aromatic carbocycles. The van der Waals surface area contributed by atoms with Crippen LogP contribution in [0.25, 0.3) is 0 Å². The molecular formula is C34H53N3O3. The molecule has 1 aliphatic heterocycles. The minimum atomic E-state index is -0.254. The average molecular weight is 552 g/mol. The van der Waals surface area contributed by atoms with E-state index in [1.54, 1.807) is 0 Å². The zero-order chi connectivity index (χ0) is 28.3. The smallest absolute Gasteiger partial charge is 0.313 e. The molecule has 6 nitrogen and oxygen atoms in total. The highest BCUT2D eigenvalue weighted by molar-refractivity contribution is 5.91. The second kappa shape index (κ2) is 10.5. The Balaban J connectivity index is 1.10. The van der Waals surface area contributed by atoms with E-state index < -0.39 is 0 Å². The van der Waals surface area contributed by atoms with Crippen molar-refractivity contribution >= 4 is 17.6 Å². The number of ketones is 1. The molecule has 0 radical (unpaired) electrons. The maximum Gasteiger partial charge on any atom is 0.436 e. The third-order valence-electron chi connectivity index (χ3n) is 12.9. The number of oxime groups is 1. The molecule has 1 N–H and O–H groups in total. The standard InChI is InChI=1S/C34H53N3O3/c1-22(36-40-31(39)37(25-7-6-8-25)18-15-24-20-32(2,3)21-35-24)28-11-12-29-27-10-9-23-19-26(38)13-16-33(23,4)30(27)14-17-34(28,29)5/h19,24-25,27-30,35H,6-18,20-21H2,1-5H3/b36-22+/t24?,27-,28+,29-,30-,33-,34+/m0/s1. The van der Waals surface area contributed by atoms with Gasteiger partial charge in [0.1, 0.15) is 0 Å². The fourth-order valence-corrected chi connectivity index (χ4v) is 10.3. The van der Waals surface area contributed by atoms with Crippen molar-refractivity contribution in [2.45, 2.75) is 130 Å². The van der Waals surface area contributed by atoms with Crippen LogP contribution in [-0.2, 0) is 9.63 Å². The van der Waals surface area contributed by atoms with Crippen LogP contribution >= 0.6 is 0 Å². The van der Waals surface area contributed by atoms with Crippen molar-refractivity contribution in [2.75, 3.05) is 13.1 Å². The number of rotatable bonds is 6. The van der Waals surface area contributed by atoms with Gasteiger partial charge in [-0.15, -0.1) is 0 Å². The van der Waals surface area contributed by atoms with E-state index in [0.29, 0.717) is 41.0 Å². The number of carbonyl (C=O) groups excluding carboxylic acids is 2. The van der Waals surface area contributed by atoms with E-state index in [2.05, 4.69) is 45.1 Å². The third-order valence-corrected chi connectivity index (χ3v) is 12.9. The van der Waals surface area contributed by atoms with Crippen molar-refractivity contribution < 1.29 is 14.4 Å².